The standard InChI is InChI=1S/C17H14N4O4/c1-16-6-7-17(2,24-16)11-10(16)14(22)21(15(11)23)9-5-4-8(18-3)12-13(9)20-25-19-12/h4-5,10-11H,6-7H2,1-2H3/t10-,11+,16?,17?. The molecule has 3 saturated heterocycles. The summed E-state index contributed by atoms with van der Waals surface area (Å²) >= 11 is 0. The van der Waals surface area contributed by atoms with Gasteiger partial charge >= 0.3 is 0 Å². The van der Waals surface area contributed by atoms with Crippen LogP contribution in [0.15, 0.2) is 16.8 Å². The molecular formula is C17H14N4O4. The molecule has 2 aromatic rings. The zero-order chi connectivity index (χ0) is 17.6. The van der Waals surface area contributed by atoms with Crippen LogP contribution in [0.5, 0.6) is 0 Å². The lowest BCUT2D eigenvalue weighted by atomic mass is 9.69. The van der Waals surface area contributed by atoms with Crippen LogP contribution in [0.1, 0.15) is 26.7 Å². The first-order chi connectivity index (χ1) is 11.9. The molecule has 5 rings (SSSR count). The van der Waals surface area contributed by atoms with Crippen molar-refractivity contribution in [1.82, 2.24) is 10.3 Å². The predicted octanol–water partition coefficient (Wildman–Crippen LogP) is 2.22. The van der Waals surface area contributed by atoms with Gasteiger partial charge in [0.05, 0.1) is 35.3 Å². The number of carbonyl (C=O) groups is 2. The van der Waals surface area contributed by atoms with Gasteiger partial charge in [-0.3, -0.25) is 9.59 Å². The van der Waals surface area contributed by atoms with E-state index in [2.05, 4.69) is 15.2 Å². The van der Waals surface area contributed by atoms with Gasteiger partial charge in [0.15, 0.2) is 0 Å². The molecule has 126 valence electrons. The largest absolute Gasteiger partial charge is 0.367 e. The maximum absolute atomic E-state index is 13.1. The number of carbonyl (C=O) groups excluding carboxylic acids is 2. The van der Waals surface area contributed by atoms with Gasteiger partial charge in [-0.15, -0.1) is 0 Å². The molecule has 8 nitrogen and oxygen atoms in total. The Hall–Kier alpha value is -2.79. The molecule has 25 heavy (non-hydrogen) atoms. The molecule has 3 aliphatic heterocycles. The summed E-state index contributed by atoms with van der Waals surface area (Å²) in [6, 6.07) is 3.09. The minimum Gasteiger partial charge on any atom is -0.367 e. The summed E-state index contributed by atoms with van der Waals surface area (Å²) in [6.45, 7) is 11.0. The van der Waals surface area contributed by atoms with Crippen LogP contribution in [0, 0.1) is 18.4 Å². The number of fused-ring (bicyclic) bond motifs is 6. The smallest absolute Gasteiger partial charge is 0.240 e. The highest BCUT2D eigenvalue weighted by molar-refractivity contribution is 6.25. The summed E-state index contributed by atoms with van der Waals surface area (Å²) in [5, 5.41) is 7.56. The van der Waals surface area contributed by atoms with Crippen LogP contribution < -0.4 is 4.90 Å². The van der Waals surface area contributed by atoms with Crippen molar-refractivity contribution < 1.29 is 19.0 Å². The fraction of sp³-hybridized carbons (Fsp3) is 0.471. The van der Waals surface area contributed by atoms with E-state index in [1.54, 1.807) is 6.07 Å². The molecule has 0 radical (unpaired) electrons. The molecule has 3 aliphatic rings. The van der Waals surface area contributed by atoms with E-state index in [1.807, 2.05) is 13.8 Å². The molecule has 1 aromatic carbocycles. The van der Waals surface area contributed by atoms with Gasteiger partial charge in [0.25, 0.3) is 0 Å². The van der Waals surface area contributed by atoms with Crippen molar-refractivity contribution in [3.05, 3.63) is 23.5 Å². The van der Waals surface area contributed by atoms with Gasteiger partial charge in [-0.1, -0.05) is 11.2 Å². The maximum atomic E-state index is 13.1. The minimum absolute atomic E-state index is 0.249. The number of aromatic nitrogens is 2. The number of ether oxygens (including phenoxy) is 1. The Bertz CT molecular complexity index is 974. The molecular weight excluding hydrogens is 324 g/mol. The van der Waals surface area contributed by atoms with E-state index in [1.165, 1.54) is 11.0 Å². The number of hydrogen-bond acceptors (Lipinski definition) is 6. The van der Waals surface area contributed by atoms with Crippen molar-refractivity contribution in [2.45, 2.75) is 37.9 Å². The highest BCUT2D eigenvalue weighted by Gasteiger charge is 2.72. The summed E-state index contributed by atoms with van der Waals surface area (Å²) in [7, 11) is 0. The Morgan fingerprint density at radius 2 is 1.72 bits per heavy atom. The lowest BCUT2D eigenvalue weighted by Crippen LogP contribution is -2.40. The van der Waals surface area contributed by atoms with Gasteiger partial charge in [0.1, 0.15) is 11.0 Å². The van der Waals surface area contributed by atoms with E-state index in [0.717, 1.165) is 12.8 Å². The Labute approximate surface area is 142 Å². The van der Waals surface area contributed by atoms with Crippen molar-refractivity contribution in [2.24, 2.45) is 11.8 Å². The number of amides is 2. The Morgan fingerprint density at radius 1 is 1.12 bits per heavy atom. The summed E-state index contributed by atoms with van der Waals surface area (Å²) < 4.78 is 10.8. The topological polar surface area (TPSA) is 89.9 Å². The summed E-state index contributed by atoms with van der Waals surface area (Å²) in [5.41, 5.74) is -0.140. The molecule has 8 heteroatoms. The second kappa shape index (κ2) is 4.24. The second-order valence-corrected chi connectivity index (χ2v) is 7.37. The van der Waals surface area contributed by atoms with Crippen LogP contribution in [-0.2, 0) is 14.3 Å². The van der Waals surface area contributed by atoms with E-state index in [4.69, 9.17) is 15.9 Å². The third-order valence-electron chi connectivity index (χ3n) is 5.94. The Balaban J connectivity index is 1.68. The number of rotatable bonds is 1. The van der Waals surface area contributed by atoms with Crippen molar-refractivity contribution in [1.29, 1.82) is 0 Å². The molecule has 2 amide bonds. The number of anilines is 1. The first-order valence-electron chi connectivity index (χ1n) is 8.10. The van der Waals surface area contributed by atoms with Crippen LogP contribution >= 0.6 is 0 Å². The van der Waals surface area contributed by atoms with Gasteiger partial charge in [-0.25, -0.2) is 14.4 Å². The summed E-state index contributed by atoms with van der Waals surface area (Å²) in [6.07, 6.45) is 1.52. The zero-order valence-corrected chi connectivity index (χ0v) is 13.6. The molecule has 0 aliphatic carbocycles. The fourth-order valence-electron chi connectivity index (χ4n) is 4.82. The van der Waals surface area contributed by atoms with Crippen LogP contribution in [-0.4, -0.2) is 33.3 Å². The predicted molar refractivity (Wildman–Crippen MR) is 84.7 cm³/mol. The fourth-order valence-corrected chi connectivity index (χ4v) is 4.82. The lowest BCUT2D eigenvalue weighted by Gasteiger charge is -2.27. The van der Waals surface area contributed by atoms with Crippen molar-refractivity contribution in [3.8, 4) is 0 Å². The first kappa shape index (κ1) is 14.5. The Morgan fingerprint density at radius 3 is 2.32 bits per heavy atom. The average molecular weight is 338 g/mol. The van der Waals surface area contributed by atoms with Crippen molar-refractivity contribution in [2.75, 3.05) is 4.90 Å². The highest BCUT2D eigenvalue weighted by Crippen LogP contribution is 2.61. The van der Waals surface area contributed by atoms with E-state index < -0.39 is 23.0 Å². The van der Waals surface area contributed by atoms with E-state index >= 15 is 0 Å². The monoisotopic (exact) mass is 338 g/mol. The van der Waals surface area contributed by atoms with Gasteiger partial charge in [-0.2, -0.15) is 0 Å². The summed E-state index contributed by atoms with van der Waals surface area (Å²) in [5.74, 6) is -1.54. The molecule has 4 atom stereocenters. The maximum Gasteiger partial charge on any atom is 0.240 e. The normalized spacial score (nSPS) is 36.3. The number of hydrogen-bond donors (Lipinski definition) is 0. The second-order valence-electron chi connectivity index (χ2n) is 7.37. The van der Waals surface area contributed by atoms with Crippen LogP contribution in [0.25, 0.3) is 15.9 Å². The van der Waals surface area contributed by atoms with Gasteiger partial charge < -0.3 is 4.74 Å². The van der Waals surface area contributed by atoms with E-state index in [-0.39, 0.29) is 28.5 Å². The van der Waals surface area contributed by atoms with Crippen LogP contribution in [0.3, 0.4) is 0 Å². The Kier molecular flexibility index (Phi) is 2.47. The van der Waals surface area contributed by atoms with Crippen LogP contribution in [0.4, 0.5) is 11.4 Å². The summed E-state index contributed by atoms with van der Waals surface area (Å²) in [4.78, 5) is 30.8. The SMILES string of the molecule is [C-]#[N+]c1ccc(N2C(=O)[C@@H]3[C@H](C2=O)C2(C)CCC3(C)O2)c2nonc12. The third kappa shape index (κ3) is 1.54. The molecule has 0 N–H and O–H groups in total. The third-order valence-corrected chi connectivity index (χ3v) is 5.94. The molecule has 2 unspecified atom stereocenters. The highest BCUT2D eigenvalue weighted by atomic mass is 16.6. The van der Waals surface area contributed by atoms with Gasteiger partial charge in [0, 0.05) is 0 Å². The number of benzene rings is 1. The quantitative estimate of drug-likeness (QED) is 0.585. The average Bonchev–Trinajstić information content (AvgIpc) is 3.28. The molecule has 0 spiro atoms. The van der Waals surface area contributed by atoms with E-state index in [0.29, 0.717) is 5.69 Å². The van der Waals surface area contributed by atoms with Gasteiger partial charge in [-0.05, 0) is 37.9 Å². The molecule has 1 aromatic heterocycles. The molecule has 0 saturated carbocycles. The van der Waals surface area contributed by atoms with Crippen molar-refractivity contribution >= 4 is 34.2 Å². The minimum atomic E-state index is -0.613. The zero-order valence-electron chi connectivity index (χ0n) is 13.6. The molecule has 4 heterocycles. The van der Waals surface area contributed by atoms with Gasteiger partial charge in [0.2, 0.25) is 17.5 Å². The molecule has 2 bridgehead atoms. The molecule has 3 fully saturated rings. The van der Waals surface area contributed by atoms with Crippen LogP contribution in [0.2, 0.25) is 0 Å². The van der Waals surface area contributed by atoms with E-state index in [9.17, 15) is 9.59 Å². The lowest BCUT2D eigenvalue weighted by molar-refractivity contribution is -0.129. The van der Waals surface area contributed by atoms with Crippen molar-refractivity contribution in [3.63, 3.8) is 0 Å². The first-order valence-corrected chi connectivity index (χ1v) is 8.10. The number of imide groups is 1. The number of nitrogens with zero attached hydrogens (tertiary/aromatic N) is 4.